The first kappa shape index (κ1) is 16.5. The summed E-state index contributed by atoms with van der Waals surface area (Å²) >= 11 is 12.1. The number of halogens is 2. The van der Waals surface area contributed by atoms with Gasteiger partial charge in [-0.05, 0) is 49.6 Å². The fourth-order valence-corrected chi connectivity index (χ4v) is 3.47. The van der Waals surface area contributed by atoms with Crippen molar-refractivity contribution in [1.82, 2.24) is 14.9 Å². The average molecular weight is 351 g/mol. The molecule has 6 heteroatoms. The molecular weight excluding hydrogens is 331 g/mol. The van der Waals surface area contributed by atoms with E-state index in [1.165, 1.54) is 0 Å². The molecule has 4 nitrogen and oxygen atoms in total. The highest BCUT2D eigenvalue weighted by molar-refractivity contribution is 6.34. The largest absolute Gasteiger partial charge is 0.351 e. The van der Waals surface area contributed by atoms with Crippen molar-refractivity contribution in [2.45, 2.75) is 32.4 Å². The Bertz CT molecular complexity index is 649. The van der Waals surface area contributed by atoms with Crippen LogP contribution in [0.5, 0.6) is 0 Å². The zero-order valence-corrected chi connectivity index (χ0v) is 14.6. The highest BCUT2D eigenvalue weighted by atomic mass is 35.5. The first-order chi connectivity index (χ1) is 11.1. The van der Waals surface area contributed by atoms with Crippen LogP contribution in [0.3, 0.4) is 0 Å². The summed E-state index contributed by atoms with van der Waals surface area (Å²) in [5, 5.41) is 4.82. The molecule has 1 N–H and O–H groups in total. The van der Waals surface area contributed by atoms with Gasteiger partial charge in [-0.1, -0.05) is 23.2 Å². The highest BCUT2D eigenvalue weighted by Gasteiger charge is 2.20. The number of hydrogen-bond acceptors (Lipinski definition) is 4. The number of aryl methyl sites for hydroxylation is 1. The van der Waals surface area contributed by atoms with E-state index in [-0.39, 0.29) is 0 Å². The van der Waals surface area contributed by atoms with E-state index >= 15 is 0 Å². The van der Waals surface area contributed by atoms with E-state index in [2.05, 4.69) is 20.2 Å². The number of piperidine rings is 1. The topological polar surface area (TPSA) is 41.1 Å². The Kier molecular flexibility index (Phi) is 5.36. The van der Waals surface area contributed by atoms with E-state index in [1.807, 2.05) is 25.1 Å². The summed E-state index contributed by atoms with van der Waals surface area (Å²) in [5.74, 6) is 0.727. The molecule has 0 amide bonds. The van der Waals surface area contributed by atoms with Gasteiger partial charge in [0, 0.05) is 47.6 Å². The molecule has 0 spiro atoms. The third kappa shape index (κ3) is 4.80. The van der Waals surface area contributed by atoms with Crippen LogP contribution in [0.1, 0.15) is 24.1 Å². The Labute approximate surface area is 146 Å². The van der Waals surface area contributed by atoms with Crippen molar-refractivity contribution in [1.29, 1.82) is 0 Å². The Hall–Kier alpha value is -1.36. The van der Waals surface area contributed by atoms with Gasteiger partial charge in [-0.2, -0.15) is 0 Å². The summed E-state index contributed by atoms with van der Waals surface area (Å²) in [5.41, 5.74) is 2.15. The number of anilines is 1. The van der Waals surface area contributed by atoms with Crippen LogP contribution in [0, 0.1) is 6.92 Å². The van der Waals surface area contributed by atoms with Gasteiger partial charge >= 0.3 is 0 Å². The quantitative estimate of drug-likeness (QED) is 0.898. The first-order valence-corrected chi connectivity index (χ1v) is 8.57. The molecule has 0 bridgehead atoms. The molecule has 2 heterocycles. The van der Waals surface area contributed by atoms with Crippen molar-refractivity contribution in [2.24, 2.45) is 0 Å². The van der Waals surface area contributed by atoms with E-state index in [0.29, 0.717) is 16.1 Å². The molecule has 3 rings (SSSR count). The van der Waals surface area contributed by atoms with Gasteiger partial charge in [0.2, 0.25) is 5.95 Å². The van der Waals surface area contributed by atoms with Gasteiger partial charge < -0.3 is 5.32 Å². The van der Waals surface area contributed by atoms with Crippen LogP contribution < -0.4 is 5.32 Å². The molecule has 0 unspecified atom stereocenters. The molecule has 0 aliphatic carbocycles. The molecule has 1 fully saturated rings. The van der Waals surface area contributed by atoms with Crippen molar-refractivity contribution < 1.29 is 0 Å². The number of benzene rings is 1. The number of rotatable bonds is 4. The van der Waals surface area contributed by atoms with Gasteiger partial charge in [0.15, 0.2) is 0 Å². The first-order valence-electron chi connectivity index (χ1n) is 7.82. The molecule has 1 aliphatic rings. The predicted molar refractivity (Wildman–Crippen MR) is 95.2 cm³/mol. The van der Waals surface area contributed by atoms with Gasteiger partial charge in [-0.25, -0.2) is 9.97 Å². The summed E-state index contributed by atoms with van der Waals surface area (Å²) in [6.07, 6.45) is 3.94. The van der Waals surface area contributed by atoms with E-state index in [0.717, 1.165) is 49.7 Å². The fourth-order valence-electron chi connectivity index (χ4n) is 2.90. The zero-order chi connectivity index (χ0) is 16.2. The van der Waals surface area contributed by atoms with Gasteiger partial charge in [0.1, 0.15) is 0 Å². The molecule has 2 aromatic rings. The van der Waals surface area contributed by atoms with Crippen LogP contribution in [0.25, 0.3) is 0 Å². The standard InChI is InChI=1S/C17H20Cl2N4/c1-12-2-5-20-17(21-12)22-16-3-6-23(7-4-16)11-13-8-14(18)10-15(19)9-13/h2,5,8-10,16H,3-4,6-7,11H2,1H3,(H,20,21,22). The maximum Gasteiger partial charge on any atom is 0.223 e. The SMILES string of the molecule is Cc1ccnc(NC2CCN(Cc3cc(Cl)cc(Cl)c3)CC2)n1. The van der Waals surface area contributed by atoms with Gasteiger partial charge in [-0.3, -0.25) is 4.90 Å². The molecule has 1 aromatic heterocycles. The fraction of sp³-hybridized carbons (Fsp3) is 0.412. The predicted octanol–water partition coefficient (Wildman–Crippen LogP) is 4.17. The lowest BCUT2D eigenvalue weighted by Gasteiger charge is -2.32. The van der Waals surface area contributed by atoms with E-state index in [4.69, 9.17) is 23.2 Å². The maximum atomic E-state index is 6.07. The number of hydrogen-bond donors (Lipinski definition) is 1. The minimum atomic E-state index is 0.427. The smallest absolute Gasteiger partial charge is 0.223 e. The van der Waals surface area contributed by atoms with Crippen LogP contribution in [-0.2, 0) is 6.54 Å². The van der Waals surface area contributed by atoms with E-state index in [9.17, 15) is 0 Å². The third-order valence-corrected chi connectivity index (χ3v) is 4.48. The normalized spacial score (nSPS) is 16.5. The van der Waals surface area contributed by atoms with Crippen LogP contribution in [0.2, 0.25) is 10.0 Å². The van der Waals surface area contributed by atoms with E-state index in [1.54, 1.807) is 12.3 Å². The molecule has 0 saturated carbocycles. The van der Waals surface area contributed by atoms with E-state index < -0.39 is 0 Å². The van der Waals surface area contributed by atoms with Crippen molar-refractivity contribution in [3.8, 4) is 0 Å². The summed E-state index contributed by atoms with van der Waals surface area (Å²) in [6.45, 7) is 4.93. The van der Waals surface area contributed by atoms with Crippen molar-refractivity contribution in [3.63, 3.8) is 0 Å². The summed E-state index contributed by atoms with van der Waals surface area (Å²) in [4.78, 5) is 11.1. The second-order valence-corrected chi connectivity index (χ2v) is 6.87. The summed E-state index contributed by atoms with van der Waals surface area (Å²) in [7, 11) is 0. The molecule has 1 saturated heterocycles. The number of nitrogens with zero attached hydrogens (tertiary/aromatic N) is 3. The Balaban J connectivity index is 1.52. The monoisotopic (exact) mass is 350 g/mol. The van der Waals surface area contributed by atoms with Crippen LogP contribution >= 0.6 is 23.2 Å². The van der Waals surface area contributed by atoms with Crippen molar-refractivity contribution >= 4 is 29.2 Å². The maximum absolute atomic E-state index is 6.07. The van der Waals surface area contributed by atoms with Crippen LogP contribution in [-0.4, -0.2) is 34.0 Å². The Morgan fingerprint density at radius 2 is 1.87 bits per heavy atom. The number of nitrogens with one attached hydrogen (secondary N) is 1. The second kappa shape index (κ2) is 7.47. The van der Waals surface area contributed by atoms with Crippen LogP contribution in [0.15, 0.2) is 30.5 Å². The average Bonchev–Trinajstić information content (AvgIpc) is 2.48. The molecule has 1 aliphatic heterocycles. The van der Waals surface area contributed by atoms with Crippen molar-refractivity contribution in [2.75, 3.05) is 18.4 Å². The minimum absolute atomic E-state index is 0.427. The molecule has 1 aromatic carbocycles. The molecule has 0 radical (unpaired) electrons. The lowest BCUT2D eigenvalue weighted by Crippen LogP contribution is -2.39. The lowest BCUT2D eigenvalue weighted by molar-refractivity contribution is 0.211. The zero-order valence-electron chi connectivity index (χ0n) is 13.1. The third-order valence-electron chi connectivity index (χ3n) is 4.04. The second-order valence-electron chi connectivity index (χ2n) is 5.99. The molecule has 122 valence electrons. The van der Waals surface area contributed by atoms with Gasteiger partial charge in [-0.15, -0.1) is 0 Å². The number of likely N-dealkylation sites (tertiary alicyclic amines) is 1. The Morgan fingerprint density at radius 3 is 2.52 bits per heavy atom. The van der Waals surface area contributed by atoms with Crippen molar-refractivity contribution in [3.05, 3.63) is 51.8 Å². The van der Waals surface area contributed by atoms with Gasteiger partial charge in [0.05, 0.1) is 0 Å². The highest BCUT2D eigenvalue weighted by Crippen LogP contribution is 2.22. The molecular formula is C17H20Cl2N4. The molecule has 0 atom stereocenters. The van der Waals surface area contributed by atoms with Crippen LogP contribution in [0.4, 0.5) is 5.95 Å². The summed E-state index contributed by atoms with van der Waals surface area (Å²) < 4.78 is 0. The summed E-state index contributed by atoms with van der Waals surface area (Å²) in [6, 6.07) is 8.07. The number of aromatic nitrogens is 2. The van der Waals surface area contributed by atoms with Gasteiger partial charge in [0.25, 0.3) is 0 Å². The Morgan fingerprint density at radius 1 is 1.17 bits per heavy atom. The molecule has 23 heavy (non-hydrogen) atoms. The minimum Gasteiger partial charge on any atom is -0.351 e. The lowest BCUT2D eigenvalue weighted by atomic mass is 10.0.